The zero-order valence-electron chi connectivity index (χ0n) is 12.0. The van der Waals surface area contributed by atoms with Crippen molar-refractivity contribution in [1.29, 1.82) is 0 Å². The Labute approximate surface area is 130 Å². The SMILES string of the molecule is O=C(NCCn1ccc2ccccc21)c1ccc(F)c(F)c1F. The number of benzene rings is 2. The highest BCUT2D eigenvalue weighted by atomic mass is 19.2. The molecule has 3 aromatic rings. The van der Waals surface area contributed by atoms with Crippen LogP contribution in [-0.4, -0.2) is 17.0 Å². The standard InChI is InChI=1S/C17H13F3N2O/c18-13-6-5-12(15(19)16(13)20)17(23)21-8-10-22-9-7-11-3-1-2-4-14(11)22/h1-7,9H,8,10H2,(H,21,23). The maximum Gasteiger partial charge on any atom is 0.254 e. The fraction of sp³-hybridized carbons (Fsp3) is 0.118. The van der Waals surface area contributed by atoms with E-state index in [1.807, 2.05) is 41.1 Å². The van der Waals surface area contributed by atoms with Gasteiger partial charge in [0.05, 0.1) is 5.56 Å². The molecular weight excluding hydrogens is 305 g/mol. The average molecular weight is 318 g/mol. The first-order chi connectivity index (χ1) is 11.1. The van der Waals surface area contributed by atoms with Crippen LogP contribution in [0.25, 0.3) is 10.9 Å². The highest BCUT2D eigenvalue weighted by Gasteiger charge is 2.18. The molecule has 0 spiro atoms. The number of fused-ring (bicyclic) bond motifs is 1. The first-order valence-corrected chi connectivity index (χ1v) is 7.03. The van der Waals surface area contributed by atoms with Crippen molar-refractivity contribution in [2.45, 2.75) is 6.54 Å². The van der Waals surface area contributed by atoms with Gasteiger partial charge in [0.2, 0.25) is 0 Å². The molecule has 118 valence electrons. The van der Waals surface area contributed by atoms with Gasteiger partial charge in [0.25, 0.3) is 5.91 Å². The van der Waals surface area contributed by atoms with Gasteiger partial charge in [-0.1, -0.05) is 18.2 Å². The van der Waals surface area contributed by atoms with Gasteiger partial charge < -0.3 is 9.88 Å². The highest BCUT2D eigenvalue weighted by Crippen LogP contribution is 2.16. The van der Waals surface area contributed by atoms with Crippen LogP contribution in [0.15, 0.2) is 48.7 Å². The van der Waals surface area contributed by atoms with Crippen LogP contribution in [0.1, 0.15) is 10.4 Å². The molecule has 23 heavy (non-hydrogen) atoms. The van der Waals surface area contributed by atoms with E-state index in [9.17, 15) is 18.0 Å². The second-order valence-electron chi connectivity index (χ2n) is 5.05. The lowest BCUT2D eigenvalue weighted by atomic mass is 10.2. The molecule has 0 bridgehead atoms. The van der Waals surface area contributed by atoms with Crippen LogP contribution in [0.4, 0.5) is 13.2 Å². The molecule has 1 aromatic heterocycles. The predicted molar refractivity (Wildman–Crippen MR) is 80.6 cm³/mol. The largest absolute Gasteiger partial charge is 0.350 e. The zero-order chi connectivity index (χ0) is 16.4. The lowest BCUT2D eigenvalue weighted by Crippen LogP contribution is -2.28. The van der Waals surface area contributed by atoms with Crippen molar-refractivity contribution in [2.24, 2.45) is 0 Å². The summed E-state index contributed by atoms with van der Waals surface area (Å²) in [6.45, 7) is 0.709. The van der Waals surface area contributed by atoms with Crippen LogP contribution < -0.4 is 5.32 Å². The van der Waals surface area contributed by atoms with Gasteiger partial charge in [0, 0.05) is 24.8 Å². The molecule has 3 nitrogen and oxygen atoms in total. The molecule has 1 N–H and O–H groups in total. The Morgan fingerprint density at radius 2 is 1.78 bits per heavy atom. The van der Waals surface area contributed by atoms with E-state index in [1.165, 1.54) is 0 Å². The van der Waals surface area contributed by atoms with Crippen molar-refractivity contribution in [1.82, 2.24) is 9.88 Å². The summed E-state index contributed by atoms with van der Waals surface area (Å²) in [5.74, 6) is -5.22. The minimum atomic E-state index is -1.64. The van der Waals surface area contributed by atoms with Gasteiger partial charge in [-0.15, -0.1) is 0 Å². The molecule has 0 saturated carbocycles. The number of rotatable bonds is 4. The number of hydrogen-bond donors (Lipinski definition) is 1. The van der Waals surface area contributed by atoms with E-state index in [-0.39, 0.29) is 6.54 Å². The van der Waals surface area contributed by atoms with Crippen LogP contribution in [0.5, 0.6) is 0 Å². The topological polar surface area (TPSA) is 34.0 Å². The molecule has 0 aliphatic rings. The molecule has 0 aliphatic heterocycles. The van der Waals surface area contributed by atoms with E-state index in [2.05, 4.69) is 5.32 Å². The van der Waals surface area contributed by atoms with Crippen molar-refractivity contribution < 1.29 is 18.0 Å². The van der Waals surface area contributed by atoms with Gasteiger partial charge >= 0.3 is 0 Å². The number of halogens is 3. The number of nitrogens with zero attached hydrogens (tertiary/aromatic N) is 1. The third-order valence-electron chi connectivity index (χ3n) is 3.60. The first-order valence-electron chi connectivity index (χ1n) is 7.03. The van der Waals surface area contributed by atoms with Gasteiger partial charge in [0.1, 0.15) is 0 Å². The van der Waals surface area contributed by atoms with Crippen LogP contribution >= 0.6 is 0 Å². The van der Waals surface area contributed by atoms with E-state index < -0.39 is 28.9 Å². The van der Waals surface area contributed by atoms with E-state index >= 15 is 0 Å². The molecule has 3 rings (SSSR count). The van der Waals surface area contributed by atoms with E-state index in [1.54, 1.807) is 0 Å². The second-order valence-corrected chi connectivity index (χ2v) is 5.05. The molecule has 2 aromatic carbocycles. The fourth-order valence-electron chi connectivity index (χ4n) is 2.42. The molecule has 0 radical (unpaired) electrons. The number of amides is 1. The summed E-state index contributed by atoms with van der Waals surface area (Å²) in [5, 5.41) is 3.58. The third-order valence-corrected chi connectivity index (χ3v) is 3.60. The number of para-hydroxylation sites is 1. The molecule has 0 unspecified atom stereocenters. The molecule has 1 heterocycles. The minimum absolute atomic E-state index is 0.232. The number of carbonyl (C=O) groups is 1. The lowest BCUT2D eigenvalue weighted by Gasteiger charge is -2.09. The second kappa shape index (κ2) is 6.16. The van der Waals surface area contributed by atoms with Crippen molar-refractivity contribution in [3.63, 3.8) is 0 Å². The van der Waals surface area contributed by atoms with Crippen molar-refractivity contribution >= 4 is 16.8 Å². The summed E-state index contributed by atoms with van der Waals surface area (Å²) in [6, 6.07) is 11.4. The summed E-state index contributed by atoms with van der Waals surface area (Å²) in [4.78, 5) is 11.9. The van der Waals surface area contributed by atoms with Gasteiger partial charge in [-0.05, 0) is 29.7 Å². The maximum atomic E-state index is 13.5. The number of aromatic nitrogens is 1. The Morgan fingerprint density at radius 3 is 2.61 bits per heavy atom. The maximum absolute atomic E-state index is 13.5. The van der Waals surface area contributed by atoms with Crippen LogP contribution in [-0.2, 0) is 6.54 Å². The summed E-state index contributed by atoms with van der Waals surface area (Å²) in [7, 11) is 0. The Morgan fingerprint density at radius 1 is 1.00 bits per heavy atom. The summed E-state index contributed by atoms with van der Waals surface area (Å²) < 4.78 is 41.5. The van der Waals surface area contributed by atoms with E-state index in [4.69, 9.17) is 0 Å². The monoisotopic (exact) mass is 318 g/mol. The Balaban J connectivity index is 1.67. The number of carbonyl (C=O) groups excluding carboxylic acids is 1. The molecular formula is C17H13F3N2O. The first kappa shape index (κ1) is 15.1. The van der Waals surface area contributed by atoms with Crippen molar-refractivity contribution in [2.75, 3.05) is 6.54 Å². The van der Waals surface area contributed by atoms with Gasteiger partial charge in [-0.3, -0.25) is 4.79 Å². The Hall–Kier alpha value is -2.76. The molecule has 0 aliphatic carbocycles. The Kier molecular flexibility index (Phi) is 4.06. The fourth-order valence-corrected chi connectivity index (χ4v) is 2.42. The lowest BCUT2D eigenvalue weighted by molar-refractivity contribution is 0.0947. The molecule has 1 amide bonds. The van der Waals surface area contributed by atoms with E-state index in [0.29, 0.717) is 6.54 Å². The third kappa shape index (κ3) is 2.92. The minimum Gasteiger partial charge on any atom is -0.350 e. The van der Waals surface area contributed by atoms with Gasteiger partial charge in [0.15, 0.2) is 17.5 Å². The van der Waals surface area contributed by atoms with Crippen molar-refractivity contribution in [3.8, 4) is 0 Å². The van der Waals surface area contributed by atoms with Crippen LogP contribution in [0.2, 0.25) is 0 Å². The van der Waals surface area contributed by atoms with E-state index in [0.717, 1.165) is 23.0 Å². The molecule has 6 heteroatoms. The Bertz CT molecular complexity index is 873. The number of nitrogens with one attached hydrogen (secondary N) is 1. The van der Waals surface area contributed by atoms with Gasteiger partial charge in [-0.25, -0.2) is 13.2 Å². The number of hydrogen-bond acceptors (Lipinski definition) is 1. The van der Waals surface area contributed by atoms with Crippen LogP contribution in [0, 0.1) is 17.5 Å². The smallest absolute Gasteiger partial charge is 0.254 e. The summed E-state index contributed by atoms with van der Waals surface area (Å²) >= 11 is 0. The van der Waals surface area contributed by atoms with Crippen molar-refractivity contribution in [3.05, 3.63) is 71.7 Å². The van der Waals surface area contributed by atoms with Gasteiger partial charge in [-0.2, -0.15) is 0 Å². The zero-order valence-corrected chi connectivity index (χ0v) is 12.0. The normalized spacial score (nSPS) is 10.9. The average Bonchev–Trinajstić information content (AvgIpc) is 2.96. The van der Waals surface area contributed by atoms with Crippen LogP contribution in [0.3, 0.4) is 0 Å². The quantitative estimate of drug-likeness (QED) is 0.734. The highest BCUT2D eigenvalue weighted by molar-refractivity contribution is 5.94. The predicted octanol–water partition coefficient (Wildman–Crippen LogP) is 3.49. The molecule has 0 fully saturated rings. The molecule has 0 atom stereocenters. The molecule has 0 saturated heterocycles. The summed E-state index contributed by atoms with van der Waals surface area (Å²) in [6.07, 6.45) is 1.88. The summed E-state index contributed by atoms with van der Waals surface area (Å²) in [5.41, 5.74) is 0.502.